The monoisotopic (exact) mass is 505 g/mol. The van der Waals surface area contributed by atoms with Gasteiger partial charge in [0.25, 0.3) is 5.91 Å². The molecule has 0 saturated carbocycles. The number of thiazole rings is 1. The molecule has 1 saturated heterocycles. The lowest BCUT2D eigenvalue weighted by molar-refractivity contribution is -0.147. The minimum Gasteiger partial charge on any atom is -0.461 e. The summed E-state index contributed by atoms with van der Waals surface area (Å²) in [5.74, 6) is -2.00. The van der Waals surface area contributed by atoms with Gasteiger partial charge in [0, 0.05) is 39.5 Å². The first-order valence-corrected chi connectivity index (χ1v) is 11.7. The Morgan fingerprint density at radius 2 is 1.91 bits per heavy atom. The van der Waals surface area contributed by atoms with Crippen LogP contribution >= 0.6 is 11.3 Å². The van der Waals surface area contributed by atoms with E-state index in [1.165, 1.54) is 19.2 Å². The zero-order valence-corrected chi connectivity index (χ0v) is 19.9. The Kier molecular flexibility index (Phi) is 6.98. The fraction of sp³-hybridized carbons (Fsp3) is 0.364. The van der Waals surface area contributed by atoms with E-state index in [4.69, 9.17) is 16.2 Å². The molecule has 1 amide bonds. The van der Waals surface area contributed by atoms with E-state index in [-0.39, 0.29) is 33.3 Å². The number of nitrogens with zero attached hydrogens (tertiary/aromatic N) is 4. The second-order valence-electron chi connectivity index (χ2n) is 8.16. The predicted octanol–water partition coefficient (Wildman–Crippen LogP) is 2.52. The molecule has 5 N–H and O–H groups in total. The third-order valence-corrected chi connectivity index (χ3v) is 6.61. The maximum atomic E-state index is 14.2. The maximum Gasteiger partial charge on any atom is 0.302 e. The summed E-state index contributed by atoms with van der Waals surface area (Å²) >= 11 is 0.819. The van der Waals surface area contributed by atoms with Crippen LogP contribution in [-0.2, 0) is 16.6 Å². The number of amides is 1. The van der Waals surface area contributed by atoms with Crippen molar-refractivity contribution in [1.29, 1.82) is 0 Å². The van der Waals surface area contributed by atoms with E-state index < -0.39 is 23.6 Å². The van der Waals surface area contributed by atoms with Gasteiger partial charge in [-0.15, -0.1) is 0 Å². The third-order valence-electron chi connectivity index (χ3n) is 5.71. The smallest absolute Gasteiger partial charge is 0.302 e. The van der Waals surface area contributed by atoms with Crippen molar-refractivity contribution in [2.75, 3.05) is 29.0 Å². The number of nitrogen functional groups attached to an aromatic ring is 1. The summed E-state index contributed by atoms with van der Waals surface area (Å²) in [7, 11) is 1.73. The highest BCUT2D eigenvalue weighted by Gasteiger charge is 2.29. The Morgan fingerprint density at radius 3 is 2.60 bits per heavy atom. The maximum absolute atomic E-state index is 14.2. The summed E-state index contributed by atoms with van der Waals surface area (Å²) in [6.07, 6.45) is 2.15. The molecule has 0 bridgehead atoms. The lowest BCUT2D eigenvalue weighted by atomic mass is 10.1. The van der Waals surface area contributed by atoms with E-state index in [9.17, 15) is 18.4 Å². The fourth-order valence-corrected chi connectivity index (χ4v) is 4.93. The van der Waals surface area contributed by atoms with Gasteiger partial charge < -0.3 is 26.4 Å². The molecular formula is C22H25F2N7O3S. The van der Waals surface area contributed by atoms with Crippen molar-refractivity contribution in [3.63, 3.8) is 0 Å². The van der Waals surface area contributed by atoms with Crippen LogP contribution in [0, 0.1) is 11.6 Å². The summed E-state index contributed by atoms with van der Waals surface area (Å²) in [6, 6.07) is 3.14. The van der Waals surface area contributed by atoms with Crippen molar-refractivity contribution in [2.45, 2.75) is 31.9 Å². The molecule has 0 radical (unpaired) electrons. The average Bonchev–Trinajstić information content (AvgIpc) is 3.29. The predicted molar refractivity (Wildman–Crippen MR) is 128 cm³/mol. The molecule has 2 aromatic heterocycles. The van der Waals surface area contributed by atoms with Crippen LogP contribution in [0.3, 0.4) is 0 Å². The molecule has 4 rings (SSSR count). The van der Waals surface area contributed by atoms with E-state index in [0.717, 1.165) is 23.5 Å². The first kappa shape index (κ1) is 24.5. The normalized spacial score (nSPS) is 18.3. The van der Waals surface area contributed by atoms with Crippen LogP contribution in [0.2, 0.25) is 0 Å². The molecule has 0 spiro atoms. The lowest BCUT2D eigenvalue weighted by Gasteiger charge is -2.24. The van der Waals surface area contributed by atoms with E-state index in [0.29, 0.717) is 37.4 Å². The second kappa shape index (κ2) is 9.96. The number of hydrogen-bond acceptors (Lipinski definition) is 9. The van der Waals surface area contributed by atoms with Gasteiger partial charge in [0.15, 0.2) is 11.5 Å². The Morgan fingerprint density at radius 1 is 1.23 bits per heavy atom. The molecule has 3 heterocycles. The van der Waals surface area contributed by atoms with Crippen LogP contribution in [0.5, 0.6) is 0 Å². The number of carbonyl (C=O) groups is 2. The summed E-state index contributed by atoms with van der Waals surface area (Å²) in [5, 5.41) is 6.99. The standard InChI is InChI=1S/C22H25F2N7O3S/c1-11(32)34-16-7-9-31(8-6-14(16)25)22-15(10-27-30(22)2)28-20(33)18-19(26)35-21(29-18)17-12(23)4-3-5-13(17)24/h3-5,10,14,16H,6-9,25-26H2,1-2H3,(H,28,33)/t14-,16+/m1/s1. The summed E-state index contributed by atoms with van der Waals surface area (Å²) < 4.78 is 35.3. The van der Waals surface area contributed by atoms with Crippen molar-refractivity contribution in [3.05, 3.63) is 41.7 Å². The average molecular weight is 506 g/mol. The molecule has 3 aromatic rings. The topological polar surface area (TPSA) is 141 Å². The highest BCUT2D eigenvalue weighted by Crippen LogP contribution is 2.34. The van der Waals surface area contributed by atoms with Gasteiger partial charge in [-0.25, -0.2) is 13.8 Å². The zero-order chi connectivity index (χ0) is 25.3. The van der Waals surface area contributed by atoms with E-state index in [2.05, 4.69) is 15.4 Å². The van der Waals surface area contributed by atoms with Crippen LogP contribution in [0.25, 0.3) is 10.6 Å². The Hall–Kier alpha value is -3.58. The van der Waals surface area contributed by atoms with Gasteiger partial charge in [0.2, 0.25) is 0 Å². The van der Waals surface area contributed by atoms with Gasteiger partial charge >= 0.3 is 5.97 Å². The number of halogens is 2. The molecule has 1 aliphatic rings. The van der Waals surface area contributed by atoms with Crippen LogP contribution in [0.4, 0.5) is 25.3 Å². The molecule has 0 unspecified atom stereocenters. The largest absolute Gasteiger partial charge is 0.461 e. The van der Waals surface area contributed by atoms with Crippen LogP contribution < -0.4 is 21.7 Å². The van der Waals surface area contributed by atoms with Gasteiger partial charge in [-0.1, -0.05) is 17.4 Å². The number of aryl methyl sites for hydroxylation is 1. The Labute approximate surface area is 203 Å². The minimum atomic E-state index is -0.799. The van der Waals surface area contributed by atoms with E-state index >= 15 is 0 Å². The molecule has 35 heavy (non-hydrogen) atoms. The van der Waals surface area contributed by atoms with Crippen molar-refractivity contribution < 1.29 is 23.1 Å². The van der Waals surface area contributed by atoms with Crippen molar-refractivity contribution in [2.24, 2.45) is 12.8 Å². The van der Waals surface area contributed by atoms with Gasteiger partial charge in [-0.2, -0.15) is 5.10 Å². The summed E-state index contributed by atoms with van der Waals surface area (Å²) in [4.78, 5) is 30.5. The number of nitrogens with one attached hydrogen (secondary N) is 1. The highest BCUT2D eigenvalue weighted by atomic mass is 32.1. The lowest BCUT2D eigenvalue weighted by Crippen LogP contribution is -2.37. The first-order chi connectivity index (χ1) is 16.7. The summed E-state index contributed by atoms with van der Waals surface area (Å²) in [5.41, 5.74) is 12.1. The third kappa shape index (κ3) is 5.10. The zero-order valence-electron chi connectivity index (χ0n) is 19.1. The van der Waals surface area contributed by atoms with Gasteiger partial charge in [0.05, 0.1) is 11.8 Å². The molecular weight excluding hydrogens is 480 g/mol. The number of hydrogen-bond donors (Lipinski definition) is 3. The number of esters is 1. The highest BCUT2D eigenvalue weighted by molar-refractivity contribution is 7.19. The van der Waals surface area contributed by atoms with E-state index in [1.807, 2.05) is 4.90 Å². The molecule has 13 heteroatoms. The number of nitrogens with two attached hydrogens (primary N) is 2. The van der Waals surface area contributed by atoms with Crippen LogP contribution in [0.1, 0.15) is 30.3 Å². The number of ether oxygens (including phenoxy) is 1. The SMILES string of the molecule is CC(=O)O[C@H]1CCN(c2c(NC(=O)c3nc(-c4c(F)cccc4F)sc3N)cnn2C)CC[C@H]1N. The number of carbonyl (C=O) groups excluding carboxylic acids is 2. The van der Waals surface area contributed by atoms with Crippen molar-refractivity contribution >= 4 is 39.7 Å². The molecule has 2 atom stereocenters. The number of benzene rings is 1. The van der Waals surface area contributed by atoms with E-state index in [1.54, 1.807) is 11.7 Å². The summed E-state index contributed by atoms with van der Waals surface area (Å²) in [6.45, 7) is 2.42. The molecule has 1 fully saturated rings. The van der Waals surface area contributed by atoms with Crippen molar-refractivity contribution in [1.82, 2.24) is 14.8 Å². The van der Waals surface area contributed by atoms with Gasteiger partial charge in [0.1, 0.15) is 33.4 Å². The Balaban J connectivity index is 1.55. The quantitative estimate of drug-likeness (QED) is 0.449. The molecule has 1 aromatic carbocycles. The van der Waals surface area contributed by atoms with Gasteiger partial charge in [-0.05, 0) is 18.6 Å². The molecule has 0 aliphatic carbocycles. The number of anilines is 3. The van der Waals surface area contributed by atoms with Crippen LogP contribution in [-0.4, -0.2) is 51.9 Å². The number of rotatable bonds is 5. The number of aromatic nitrogens is 3. The Bertz CT molecular complexity index is 1240. The molecule has 10 nitrogen and oxygen atoms in total. The molecule has 186 valence electrons. The first-order valence-electron chi connectivity index (χ1n) is 10.9. The van der Waals surface area contributed by atoms with Crippen molar-refractivity contribution in [3.8, 4) is 10.6 Å². The second-order valence-corrected chi connectivity index (χ2v) is 9.19. The minimum absolute atomic E-state index is 0.0237. The fourth-order valence-electron chi connectivity index (χ4n) is 4.05. The van der Waals surface area contributed by atoms with Gasteiger partial charge in [-0.3, -0.25) is 14.3 Å². The van der Waals surface area contributed by atoms with Crippen LogP contribution in [0.15, 0.2) is 24.4 Å². The molecule has 1 aliphatic heterocycles.